The number of anilines is 3. The van der Waals surface area contributed by atoms with Crippen LogP contribution in [-0.2, 0) is 12.8 Å². The molecular formula is C22H23N3. The predicted molar refractivity (Wildman–Crippen MR) is 105 cm³/mol. The quantitative estimate of drug-likeness (QED) is 0.694. The van der Waals surface area contributed by atoms with Gasteiger partial charge in [0.05, 0.1) is 5.69 Å². The Balaban J connectivity index is 1.77. The van der Waals surface area contributed by atoms with Gasteiger partial charge in [-0.1, -0.05) is 43.7 Å². The molecule has 4 rings (SSSR count). The Morgan fingerprint density at radius 2 is 1.80 bits per heavy atom. The van der Waals surface area contributed by atoms with Gasteiger partial charge in [0.2, 0.25) is 0 Å². The van der Waals surface area contributed by atoms with Crippen molar-refractivity contribution in [1.82, 2.24) is 4.98 Å². The molecule has 0 fully saturated rings. The van der Waals surface area contributed by atoms with Crippen molar-refractivity contribution in [2.45, 2.75) is 26.2 Å². The van der Waals surface area contributed by atoms with Crippen molar-refractivity contribution in [2.75, 3.05) is 11.1 Å². The Hall–Kier alpha value is -2.81. The van der Waals surface area contributed by atoms with Crippen LogP contribution in [0.25, 0.3) is 11.1 Å². The van der Waals surface area contributed by atoms with Crippen LogP contribution in [0.2, 0.25) is 0 Å². The van der Waals surface area contributed by atoms with E-state index in [1.807, 2.05) is 12.1 Å². The van der Waals surface area contributed by atoms with E-state index in [1.165, 1.54) is 28.7 Å². The normalized spacial score (nSPS) is 15.8. The van der Waals surface area contributed by atoms with Crippen LogP contribution in [0.5, 0.6) is 0 Å². The molecule has 0 radical (unpaired) electrons. The molecule has 25 heavy (non-hydrogen) atoms. The summed E-state index contributed by atoms with van der Waals surface area (Å²) in [4.78, 5) is 4.34. The van der Waals surface area contributed by atoms with Crippen LogP contribution in [0, 0.1) is 5.92 Å². The van der Waals surface area contributed by atoms with Gasteiger partial charge in [-0.3, -0.25) is 0 Å². The highest BCUT2D eigenvalue weighted by Crippen LogP contribution is 2.37. The van der Waals surface area contributed by atoms with E-state index < -0.39 is 0 Å². The zero-order valence-electron chi connectivity index (χ0n) is 14.5. The van der Waals surface area contributed by atoms with Crippen LogP contribution >= 0.6 is 0 Å². The average Bonchev–Trinajstić information content (AvgIpc) is 2.80. The molecule has 1 aliphatic carbocycles. The summed E-state index contributed by atoms with van der Waals surface area (Å²) in [6.07, 6.45) is 5.24. The van der Waals surface area contributed by atoms with Crippen molar-refractivity contribution in [3.8, 4) is 11.1 Å². The number of nitrogens with zero attached hydrogens (tertiary/aromatic N) is 1. The SMILES string of the molecule is CCC1Cc2ccccc2-c2cc(Nc3ncccc3N)ccc2C1. The van der Waals surface area contributed by atoms with Gasteiger partial charge in [-0.05, 0) is 65.3 Å². The van der Waals surface area contributed by atoms with Crippen molar-refractivity contribution in [1.29, 1.82) is 0 Å². The molecule has 0 spiro atoms. The van der Waals surface area contributed by atoms with Gasteiger partial charge in [-0.15, -0.1) is 0 Å². The summed E-state index contributed by atoms with van der Waals surface area (Å²) < 4.78 is 0. The molecule has 126 valence electrons. The van der Waals surface area contributed by atoms with Crippen LogP contribution in [0.15, 0.2) is 60.8 Å². The van der Waals surface area contributed by atoms with Gasteiger partial charge in [0.25, 0.3) is 0 Å². The molecule has 0 aliphatic heterocycles. The Bertz CT molecular complexity index is 901. The average molecular weight is 329 g/mol. The summed E-state index contributed by atoms with van der Waals surface area (Å²) in [5, 5.41) is 3.36. The Morgan fingerprint density at radius 3 is 2.60 bits per heavy atom. The highest BCUT2D eigenvalue weighted by molar-refractivity contribution is 5.78. The fraction of sp³-hybridized carbons (Fsp3) is 0.227. The minimum absolute atomic E-state index is 0.656. The van der Waals surface area contributed by atoms with Crippen LogP contribution in [-0.4, -0.2) is 4.98 Å². The lowest BCUT2D eigenvalue weighted by Crippen LogP contribution is -2.05. The summed E-state index contributed by atoms with van der Waals surface area (Å²) in [5.41, 5.74) is 13.2. The molecule has 0 saturated carbocycles. The van der Waals surface area contributed by atoms with Crippen LogP contribution in [0.3, 0.4) is 0 Å². The number of fused-ring (bicyclic) bond motifs is 3. The smallest absolute Gasteiger partial charge is 0.153 e. The first-order valence-corrected chi connectivity index (χ1v) is 8.93. The number of hydrogen-bond acceptors (Lipinski definition) is 3. The molecule has 3 heteroatoms. The van der Waals surface area contributed by atoms with E-state index in [9.17, 15) is 0 Å². The third-order valence-corrected chi connectivity index (χ3v) is 5.11. The van der Waals surface area contributed by atoms with E-state index in [2.05, 4.69) is 59.7 Å². The van der Waals surface area contributed by atoms with Gasteiger partial charge < -0.3 is 11.1 Å². The summed E-state index contributed by atoms with van der Waals surface area (Å²) in [5.74, 6) is 1.41. The van der Waals surface area contributed by atoms with E-state index in [1.54, 1.807) is 6.20 Å². The number of aromatic nitrogens is 1. The largest absolute Gasteiger partial charge is 0.396 e. The maximum absolute atomic E-state index is 6.02. The third-order valence-electron chi connectivity index (χ3n) is 5.11. The topological polar surface area (TPSA) is 50.9 Å². The molecule has 2 aromatic carbocycles. The van der Waals surface area contributed by atoms with Crippen LogP contribution in [0.1, 0.15) is 24.5 Å². The second-order valence-electron chi connectivity index (χ2n) is 6.78. The van der Waals surface area contributed by atoms with Gasteiger partial charge in [0.1, 0.15) is 0 Å². The van der Waals surface area contributed by atoms with Gasteiger partial charge in [0, 0.05) is 11.9 Å². The lowest BCUT2D eigenvalue weighted by Gasteiger charge is -2.14. The summed E-state index contributed by atoms with van der Waals surface area (Å²) in [7, 11) is 0. The van der Waals surface area contributed by atoms with Gasteiger partial charge in [-0.25, -0.2) is 4.98 Å². The van der Waals surface area contributed by atoms with E-state index in [0.29, 0.717) is 17.4 Å². The lowest BCUT2D eigenvalue weighted by molar-refractivity contribution is 0.509. The van der Waals surface area contributed by atoms with Gasteiger partial charge in [0.15, 0.2) is 5.82 Å². The van der Waals surface area contributed by atoms with Crippen molar-refractivity contribution in [2.24, 2.45) is 5.92 Å². The molecule has 1 unspecified atom stereocenters. The summed E-state index contributed by atoms with van der Waals surface area (Å²) in [6.45, 7) is 2.29. The molecule has 1 heterocycles. The monoisotopic (exact) mass is 329 g/mol. The predicted octanol–water partition coefficient (Wildman–Crippen LogP) is 5.20. The highest BCUT2D eigenvalue weighted by atomic mass is 15.0. The first-order valence-electron chi connectivity index (χ1n) is 8.93. The van der Waals surface area contributed by atoms with Gasteiger partial charge >= 0.3 is 0 Å². The molecule has 1 atom stereocenters. The number of nitrogens with one attached hydrogen (secondary N) is 1. The van der Waals surface area contributed by atoms with E-state index in [0.717, 1.165) is 18.5 Å². The maximum atomic E-state index is 6.02. The van der Waals surface area contributed by atoms with Crippen LogP contribution < -0.4 is 11.1 Å². The molecule has 3 nitrogen and oxygen atoms in total. The second kappa shape index (κ2) is 6.60. The Kier molecular flexibility index (Phi) is 4.14. The number of pyridine rings is 1. The number of rotatable bonds is 3. The second-order valence-corrected chi connectivity index (χ2v) is 6.78. The summed E-state index contributed by atoms with van der Waals surface area (Å²) >= 11 is 0. The molecule has 0 saturated heterocycles. The number of nitrogens with two attached hydrogens (primary N) is 1. The first kappa shape index (κ1) is 15.7. The molecule has 1 aliphatic rings. The minimum atomic E-state index is 0.656. The summed E-state index contributed by atoms with van der Waals surface area (Å²) in [6, 6.07) is 19.1. The van der Waals surface area contributed by atoms with Crippen molar-refractivity contribution >= 4 is 17.2 Å². The minimum Gasteiger partial charge on any atom is -0.396 e. The first-order chi connectivity index (χ1) is 12.2. The third kappa shape index (κ3) is 3.10. The number of nitrogen functional groups attached to an aromatic ring is 1. The number of benzene rings is 2. The standard InChI is InChI=1S/C22H23N3/c1-2-15-12-16-6-3-4-7-19(16)20-14-18(10-9-17(20)13-15)25-22-21(23)8-5-11-24-22/h3-11,14-15H,2,12-13,23H2,1H3,(H,24,25). The van der Waals surface area contributed by atoms with E-state index in [4.69, 9.17) is 5.73 Å². The Labute approximate surface area is 148 Å². The molecule has 3 N–H and O–H groups in total. The molecular weight excluding hydrogens is 306 g/mol. The zero-order chi connectivity index (χ0) is 17.2. The lowest BCUT2D eigenvalue weighted by atomic mass is 9.93. The van der Waals surface area contributed by atoms with Crippen LogP contribution in [0.4, 0.5) is 17.2 Å². The Morgan fingerprint density at radius 1 is 1.00 bits per heavy atom. The fourth-order valence-electron chi connectivity index (χ4n) is 3.69. The van der Waals surface area contributed by atoms with Crippen molar-refractivity contribution in [3.63, 3.8) is 0 Å². The molecule has 3 aromatic rings. The maximum Gasteiger partial charge on any atom is 0.153 e. The van der Waals surface area contributed by atoms with E-state index in [-0.39, 0.29) is 0 Å². The van der Waals surface area contributed by atoms with Crippen molar-refractivity contribution < 1.29 is 0 Å². The zero-order valence-corrected chi connectivity index (χ0v) is 14.5. The molecule has 0 amide bonds. The van der Waals surface area contributed by atoms with Crippen molar-refractivity contribution in [3.05, 3.63) is 71.9 Å². The van der Waals surface area contributed by atoms with E-state index >= 15 is 0 Å². The molecule has 0 bridgehead atoms. The van der Waals surface area contributed by atoms with Gasteiger partial charge in [-0.2, -0.15) is 0 Å². The fourth-order valence-corrected chi connectivity index (χ4v) is 3.69. The highest BCUT2D eigenvalue weighted by Gasteiger charge is 2.20. The number of hydrogen-bond donors (Lipinski definition) is 2. The molecule has 1 aromatic heterocycles.